The number of thioether (sulfide) groups is 1. The van der Waals surface area contributed by atoms with Crippen molar-refractivity contribution >= 4 is 46.6 Å². The van der Waals surface area contributed by atoms with Gasteiger partial charge in [-0.3, -0.25) is 14.5 Å². The number of hydrogen-bond donors (Lipinski definition) is 0. The average molecular weight is 480 g/mol. The summed E-state index contributed by atoms with van der Waals surface area (Å²) in [5, 5.41) is -0.167. The summed E-state index contributed by atoms with van der Waals surface area (Å²) in [6.45, 7) is 1.81. The number of carbonyl (C=O) groups excluding carboxylic acids is 3. The van der Waals surface area contributed by atoms with E-state index < -0.39 is 17.1 Å². The average Bonchev–Trinajstić information content (AvgIpc) is 3.02. The number of rotatable bonds is 9. The summed E-state index contributed by atoms with van der Waals surface area (Å²) >= 11 is 7.00. The summed E-state index contributed by atoms with van der Waals surface area (Å²) in [5.74, 6) is -0.602. The Bertz CT molecular complexity index is 1040. The van der Waals surface area contributed by atoms with Crippen LogP contribution in [0.1, 0.15) is 12.5 Å². The first-order valence-corrected chi connectivity index (χ1v) is 10.8. The third kappa shape index (κ3) is 6.24. The number of halogens is 2. The summed E-state index contributed by atoms with van der Waals surface area (Å²) in [6.07, 6.45) is 1.55. The Balaban J connectivity index is 1.59. The van der Waals surface area contributed by atoms with E-state index in [2.05, 4.69) is 0 Å². The predicted octanol–water partition coefficient (Wildman–Crippen LogP) is 4.54. The van der Waals surface area contributed by atoms with E-state index in [1.807, 2.05) is 0 Å². The molecule has 2 aromatic rings. The van der Waals surface area contributed by atoms with Crippen LogP contribution < -0.4 is 9.47 Å². The Kier molecular flexibility index (Phi) is 8.13. The standard InChI is InChI=1S/C22H19ClFNO6S/c1-2-29-20(26)13-31-18-8-3-14(11-17(18)23)12-19-21(27)25(22(28)32-19)9-10-30-16-6-4-15(24)5-7-16/h3-8,11-12H,2,9-10,13H2,1H3/b19-12-. The van der Waals surface area contributed by atoms with E-state index in [1.165, 1.54) is 24.3 Å². The molecule has 1 aliphatic heterocycles. The van der Waals surface area contributed by atoms with Crippen LogP contribution in [0, 0.1) is 5.82 Å². The minimum Gasteiger partial charge on any atom is -0.492 e. The molecular weight excluding hydrogens is 461 g/mol. The topological polar surface area (TPSA) is 82.1 Å². The molecule has 0 aromatic heterocycles. The van der Waals surface area contributed by atoms with Gasteiger partial charge in [0, 0.05) is 0 Å². The van der Waals surface area contributed by atoms with Crippen molar-refractivity contribution in [3.8, 4) is 11.5 Å². The highest BCUT2D eigenvalue weighted by Crippen LogP contribution is 2.33. The molecule has 2 aromatic carbocycles. The second-order valence-corrected chi connectivity index (χ2v) is 7.82. The van der Waals surface area contributed by atoms with Crippen molar-refractivity contribution < 1.29 is 33.0 Å². The van der Waals surface area contributed by atoms with Gasteiger partial charge in [0.05, 0.1) is 23.1 Å². The number of benzene rings is 2. The molecule has 0 unspecified atom stereocenters. The van der Waals surface area contributed by atoms with E-state index in [1.54, 1.807) is 31.2 Å². The van der Waals surface area contributed by atoms with Crippen molar-refractivity contribution in [1.82, 2.24) is 4.90 Å². The van der Waals surface area contributed by atoms with Gasteiger partial charge in [0.25, 0.3) is 11.1 Å². The molecule has 10 heteroatoms. The Morgan fingerprint density at radius 1 is 1.16 bits per heavy atom. The van der Waals surface area contributed by atoms with Gasteiger partial charge in [-0.15, -0.1) is 0 Å². The Morgan fingerprint density at radius 3 is 2.59 bits per heavy atom. The van der Waals surface area contributed by atoms with Crippen molar-refractivity contribution in [2.45, 2.75) is 6.92 Å². The number of imide groups is 1. The molecule has 0 atom stereocenters. The van der Waals surface area contributed by atoms with E-state index in [0.717, 1.165) is 16.7 Å². The minimum atomic E-state index is -0.510. The zero-order valence-electron chi connectivity index (χ0n) is 17.0. The fourth-order valence-corrected chi connectivity index (χ4v) is 3.80. The van der Waals surface area contributed by atoms with E-state index in [9.17, 15) is 18.8 Å². The molecule has 0 N–H and O–H groups in total. The van der Waals surface area contributed by atoms with Crippen molar-refractivity contribution in [1.29, 1.82) is 0 Å². The van der Waals surface area contributed by atoms with Crippen LogP contribution in [0.25, 0.3) is 6.08 Å². The molecule has 3 rings (SSSR count). The Hall–Kier alpha value is -3.04. The van der Waals surface area contributed by atoms with E-state index in [4.69, 9.17) is 25.8 Å². The van der Waals surface area contributed by atoms with E-state index >= 15 is 0 Å². The van der Waals surface area contributed by atoms with Crippen LogP contribution in [0.4, 0.5) is 9.18 Å². The van der Waals surface area contributed by atoms with Crippen LogP contribution in [0.2, 0.25) is 5.02 Å². The summed E-state index contributed by atoms with van der Waals surface area (Å²) in [5.41, 5.74) is 0.589. The number of hydrogen-bond acceptors (Lipinski definition) is 7. The summed E-state index contributed by atoms with van der Waals surface area (Å²) in [7, 11) is 0. The highest BCUT2D eigenvalue weighted by Gasteiger charge is 2.34. The van der Waals surface area contributed by atoms with Gasteiger partial charge in [-0.05, 0) is 66.7 Å². The monoisotopic (exact) mass is 479 g/mol. The molecular formula is C22H19ClFNO6S. The van der Waals surface area contributed by atoms with Crippen LogP contribution in [-0.2, 0) is 14.3 Å². The van der Waals surface area contributed by atoms with E-state index in [0.29, 0.717) is 17.1 Å². The van der Waals surface area contributed by atoms with Crippen molar-refractivity contribution in [3.63, 3.8) is 0 Å². The number of nitrogens with zero attached hydrogens (tertiary/aromatic N) is 1. The maximum absolute atomic E-state index is 12.9. The van der Waals surface area contributed by atoms with Crippen LogP contribution in [0.3, 0.4) is 0 Å². The van der Waals surface area contributed by atoms with Crippen molar-refractivity contribution in [2.75, 3.05) is 26.4 Å². The SMILES string of the molecule is CCOC(=O)COc1ccc(/C=C2\SC(=O)N(CCOc3ccc(F)cc3)C2=O)cc1Cl. The van der Waals surface area contributed by atoms with Gasteiger partial charge in [-0.1, -0.05) is 17.7 Å². The molecule has 0 aliphatic carbocycles. The lowest BCUT2D eigenvalue weighted by molar-refractivity contribution is -0.145. The first kappa shape index (κ1) is 23.6. The molecule has 0 radical (unpaired) electrons. The summed E-state index contributed by atoms with van der Waals surface area (Å²) in [4.78, 5) is 37.5. The molecule has 1 aliphatic rings. The number of esters is 1. The molecule has 0 spiro atoms. The normalized spacial score (nSPS) is 14.7. The lowest BCUT2D eigenvalue weighted by atomic mass is 10.2. The van der Waals surface area contributed by atoms with Gasteiger partial charge in [-0.2, -0.15) is 0 Å². The predicted molar refractivity (Wildman–Crippen MR) is 118 cm³/mol. The quantitative estimate of drug-likeness (QED) is 0.386. The largest absolute Gasteiger partial charge is 0.492 e. The molecule has 1 saturated heterocycles. The first-order valence-electron chi connectivity index (χ1n) is 9.59. The number of carbonyl (C=O) groups is 3. The first-order chi connectivity index (χ1) is 15.4. The van der Waals surface area contributed by atoms with Crippen molar-refractivity contribution in [2.24, 2.45) is 0 Å². The molecule has 1 heterocycles. The van der Waals surface area contributed by atoms with Gasteiger partial charge in [0.15, 0.2) is 6.61 Å². The summed E-state index contributed by atoms with van der Waals surface area (Å²) < 4.78 is 28.5. The third-order valence-electron chi connectivity index (χ3n) is 4.18. The smallest absolute Gasteiger partial charge is 0.344 e. The van der Waals surface area contributed by atoms with Gasteiger partial charge in [-0.25, -0.2) is 9.18 Å². The lowest BCUT2D eigenvalue weighted by Gasteiger charge is -2.13. The van der Waals surface area contributed by atoms with Crippen LogP contribution in [0.15, 0.2) is 47.4 Å². The number of amides is 2. The number of ether oxygens (including phenoxy) is 3. The Morgan fingerprint density at radius 2 is 1.91 bits per heavy atom. The second-order valence-electron chi connectivity index (χ2n) is 6.42. The van der Waals surface area contributed by atoms with Gasteiger partial charge in [0.1, 0.15) is 23.9 Å². The molecule has 0 saturated carbocycles. The molecule has 168 valence electrons. The van der Waals surface area contributed by atoms with Gasteiger partial charge >= 0.3 is 5.97 Å². The molecule has 0 bridgehead atoms. The highest BCUT2D eigenvalue weighted by molar-refractivity contribution is 8.18. The van der Waals surface area contributed by atoms with E-state index in [-0.39, 0.29) is 42.1 Å². The summed E-state index contributed by atoms with van der Waals surface area (Å²) in [6, 6.07) is 10.2. The van der Waals surface area contributed by atoms with Crippen molar-refractivity contribution in [3.05, 3.63) is 63.8 Å². The highest BCUT2D eigenvalue weighted by atomic mass is 35.5. The van der Waals surface area contributed by atoms with Crippen LogP contribution in [-0.4, -0.2) is 48.4 Å². The second kappa shape index (κ2) is 11.0. The molecule has 1 fully saturated rings. The maximum atomic E-state index is 12.9. The maximum Gasteiger partial charge on any atom is 0.344 e. The Labute approximate surface area is 193 Å². The van der Waals surface area contributed by atoms with Gasteiger partial charge in [0.2, 0.25) is 0 Å². The molecule has 2 amide bonds. The zero-order chi connectivity index (χ0) is 23.1. The zero-order valence-corrected chi connectivity index (χ0v) is 18.6. The fourth-order valence-electron chi connectivity index (χ4n) is 2.69. The molecule has 7 nitrogen and oxygen atoms in total. The van der Waals surface area contributed by atoms with Crippen LogP contribution >= 0.6 is 23.4 Å². The molecule has 32 heavy (non-hydrogen) atoms. The van der Waals surface area contributed by atoms with Gasteiger partial charge < -0.3 is 14.2 Å². The fraction of sp³-hybridized carbons (Fsp3) is 0.227. The lowest BCUT2D eigenvalue weighted by Crippen LogP contribution is -2.32. The minimum absolute atomic E-state index is 0.0563. The van der Waals surface area contributed by atoms with Crippen LogP contribution in [0.5, 0.6) is 11.5 Å². The third-order valence-corrected chi connectivity index (χ3v) is 5.38.